The van der Waals surface area contributed by atoms with E-state index in [0.29, 0.717) is 12.1 Å². The molecule has 0 aromatic heterocycles. The molecule has 0 aliphatic carbocycles. The zero-order chi connectivity index (χ0) is 12.8. The third-order valence-corrected chi connectivity index (χ3v) is 3.83. The molecular formula is C15H25NS. The molecule has 0 aliphatic heterocycles. The fourth-order valence-corrected chi connectivity index (χ4v) is 2.80. The van der Waals surface area contributed by atoms with E-state index < -0.39 is 0 Å². The normalized spacial score (nSPS) is 14.6. The number of thioether (sulfide) groups is 1. The van der Waals surface area contributed by atoms with E-state index in [0.717, 1.165) is 0 Å². The standard InChI is InChI=1S/C15H25NS/c1-11-6-7-15(12(2)10-11)14(4)16-13(3)8-9-17-5/h6-7,10,13-14,16H,8-9H2,1-5H3. The molecule has 2 unspecified atom stereocenters. The maximum absolute atomic E-state index is 3.68. The molecule has 1 N–H and O–H groups in total. The molecule has 96 valence electrons. The summed E-state index contributed by atoms with van der Waals surface area (Å²) in [6, 6.07) is 7.74. The minimum atomic E-state index is 0.437. The highest BCUT2D eigenvalue weighted by atomic mass is 32.2. The van der Waals surface area contributed by atoms with Crippen molar-refractivity contribution >= 4 is 11.8 Å². The Bertz CT molecular complexity index is 349. The van der Waals surface area contributed by atoms with Crippen LogP contribution in [0.15, 0.2) is 18.2 Å². The van der Waals surface area contributed by atoms with Gasteiger partial charge in [-0.3, -0.25) is 0 Å². The van der Waals surface area contributed by atoms with Crippen LogP contribution in [0.1, 0.15) is 43.0 Å². The summed E-state index contributed by atoms with van der Waals surface area (Å²) in [5.41, 5.74) is 4.16. The van der Waals surface area contributed by atoms with Crippen LogP contribution in [0.4, 0.5) is 0 Å². The van der Waals surface area contributed by atoms with Crippen LogP contribution in [0.3, 0.4) is 0 Å². The molecule has 0 fully saturated rings. The van der Waals surface area contributed by atoms with E-state index in [9.17, 15) is 0 Å². The predicted molar refractivity (Wildman–Crippen MR) is 79.9 cm³/mol. The molecule has 0 aliphatic rings. The topological polar surface area (TPSA) is 12.0 Å². The van der Waals surface area contributed by atoms with E-state index in [4.69, 9.17) is 0 Å². The predicted octanol–water partition coefficient (Wildman–Crippen LogP) is 4.10. The quantitative estimate of drug-likeness (QED) is 0.817. The monoisotopic (exact) mass is 251 g/mol. The maximum Gasteiger partial charge on any atom is 0.0296 e. The van der Waals surface area contributed by atoms with Crippen molar-refractivity contribution in [2.75, 3.05) is 12.0 Å². The number of nitrogens with one attached hydrogen (secondary N) is 1. The molecule has 1 nitrogen and oxygen atoms in total. The first-order chi connectivity index (χ1) is 8.04. The van der Waals surface area contributed by atoms with Gasteiger partial charge in [-0.2, -0.15) is 11.8 Å². The van der Waals surface area contributed by atoms with Crippen molar-refractivity contribution in [2.24, 2.45) is 0 Å². The lowest BCUT2D eigenvalue weighted by Crippen LogP contribution is -2.29. The number of rotatable bonds is 6. The Labute approximate surface area is 110 Å². The minimum Gasteiger partial charge on any atom is -0.308 e. The van der Waals surface area contributed by atoms with Crippen molar-refractivity contribution in [1.82, 2.24) is 5.32 Å². The summed E-state index contributed by atoms with van der Waals surface area (Å²) >= 11 is 1.92. The van der Waals surface area contributed by atoms with Gasteiger partial charge in [0.2, 0.25) is 0 Å². The second kappa shape index (κ2) is 7.07. The van der Waals surface area contributed by atoms with E-state index in [2.05, 4.69) is 57.5 Å². The molecule has 17 heavy (non-hydrogen) atoms. The summed E-state index contributed by atoms with van der Waals surface area (Å²) in [5.74, 6) is 1.23. The van der Waals surface area contributed by atoms with Gasteiger partial charge in [-0.25, -0.2) is 0 Å². The minimum absolute atomic E-state index is 0.437. The Kier molecular flexibility index (Phi) is 6.07. The van der Waals surface area contributed by atoms with E-state index in [1.807, 2.05) is 11.8 Å². The fraction of sp³-hybridized carbons (Fsp3) is 0.600. The molecule has 0 bridgehead atoms. The highest BCUT2D eigenvalue weighted by Crippen LogP contribution is 2.19. The van der Waals surface area contributed by atoms with Crippen LogP contribution in [0.2, 0.25) is 0 Å². The van der Waals surface area contributed by atoms with Gasteiger partial charge in [0.1, 0.15) is 0 Å². The molecule has 1 aromatic carbocycles. The second-order valence-corrected chi connectivity index (χ2v) is 5.92. The Morgan fingerprint density at radius 3 is 2.53 bits per heavy atom. The van der Waals surface area contributed by atoms with Crippen LogP contribution in [-0.2, 0) is 0 Å². The Morgan fingerprint density at radius 2 is 1.94 bits per heavy atom. The lowest BCUT2D eigenvalue weighted by atomic mass is 9.99. The van der Waals surface area contributed by atoms with Crippen LogP contribution >= 0.6 is 11.8 Å². The van der Waals surface area contributed by atoms with Crippen LogP contribution < -0.4 is 5.32 Å². The van der Waals surface area contributed by atoms with E-state index in [1.165, 1.54) is 28.9 Å². The van der Waals surface area contributed by atoms with Gasteiger partial charge in [-0.1, -0.05) is 23.8 Å². The molecule has 0 heterocycles. The summed E-state index contributed by atoms with van der Waals surface area (Å²) in [7, 11) is 0. The Balaban J connectivity index is 2.60. The SMILES string of the molecule is CSCCC(C)NC(C)c1ccc(C)cc1C. The molecule has 0 saturated heterocycles. The van der Waals surface area contributed by atoms with Gasteiger partial charge in [0, 0.05) is 12.1 Å². The highest BCUT2D eigenvalue weighted by Gasteiger charge is 2.11. The average molecular weight is 251 g/mol. The molecule has 0 saturated carbocycles. The van der Waals surface area contributed by atoms with Crippen LogP contribution in [-0.4, -0.2) is 18.1 Å². The number of aryl methyl sites for hydroxylation is 2. The smallest absolute Gasteiger partial charge is 0.0296 e. The number of hydrogen-bond donors (Lipinski definition) is 1. The van der Waals surface area contributed by atoms with Gasteiger partial charge in [0.05, 0.1) is 0 Å². The Hall–Kier alpha value is -0.470. The first kappa shape index (κ1) is 14.6. The lowest BCUT2D eigenvalue weighted by molar-refractivity contribution is 0.470. The molecule has 1 aromatic rings. The lowest BCUT2D eigenvalue weighted by Gasteiger charge is -2.22. The third kappa shape index (κ3) is 4.72. The van der Waals surface area contributed by atoms with Crippen LogP contribution in [0.25, 0.3) is 0 Å². The zero-order valence-corrected chi connectivity index (χ0v) is 12.5. The zero-order valence-electron chi connectivity index (χ0n) is 11.7. The highest BCUT2D eigenvalue weighted by molar-refractivity contribution is 7.98. The summed E-state index contributed by atoms with van der Waals surface area (Å²) in [5, 5.41) is 3.68. The van der Waals surface area contributed by atoms with Crippen molar-refractivity contribution in [3.05, 3.63) is 34.9 Å². The first-order valence-corrected chi connectivity index (χ1v) is 7.76. The molecule has 0 radical (unpaired) electrons. The van der Waals surface area contributed by atoms with E-state index in [1.54, 1.807) is 0 Å². The molecule has 1 rings (SSSR count). The third-order valence-electron chi connectivity index (χ3n) is 3.18. The van der Waals surface area contributed by atoms with Crippen molar-refractivity contribution in [1.29, 1.82) is 0 Å². The van der Waals surface area contributed by atoms with Crippen molar-refractivity contribution < 1.29 is 0 Å². The Morgan fingerprint density at radius 1 is 1.24 bits per heavy atom. The van der Waals surface area contributed by atoms with Crippen molar-refractivity contribution in [3.63, 3.8) is 0 Å². The largest absolute Gasteiger partial charge is 0.308 e. The molecular weight excluding hydrogens is 226 g/mol. The fourth-order valence-electron chi connectivity index (χ4n) is 2.21. The number of hydrogen-bond acceptors (Lipinski definition) is 2. The molecule has 2 atom stereocenters. The number of benzene rings is 1. The van der Waals surface area contributed by atoms with Gasteiger partial charge in [-0.05, 0) is 57.3 Å². The summed E-state index contributed by atoms with van der Waals surface area (Å²) in [6.07, 6.45) is 3.40. The van der Waals surface area contributed by atoms with Gasteiger partial charge in [0.15, 0.2) is 0 Å². The van der Waals surface area contributed by atoms with Crippen molar-refractivity contribution in [3.8, 4) is 0 Å². The van der Waals surface area contributed by atoms with Gasteiger partial charge in [0.25, 0.3) is 0 Å². The summed E-state index contributed by atoms with van der Waals surface area (Å²) < 4.78 is 0. The van der Waals surface area contributed by atoms with E-state index >= 15 is 0 Å². The van der Waals surface area contributed by atoms with Gasteiger partial charge < -0.3 is 5.32 Å². The summed E-state index contributed by atoms with van der Waals surface area (Å²) in [4.78, 5) is 0. The molecule has 0 spiro atoms. The van der Waals surface area contributed by atoms with E-state index in [-0.39, 0.29) is 0 Å². The first-order valence-electron chi connectivity index (χ1n) is 6.36. The van der Waals surface area contributed by atoms with Crippen LogP contribution in [0, 0.1) is 13.8 Å². The van der Waals surface area contributed by atoms with Crippen LogP contribution in [0.5, 0.6) is 0 Å². The van der Waals surface area contributed by atoms with Crippen molar-refractivity contribution in [2.45, 2.75) is 46.2 Å². The molecule has 2 heteroatoms. The van der Waals surface area contributed by atoms with Gasteiger partial charge >= 0.3 is 0 Å². The maximum atomic E-state index is 3.68. The van der Waals surface area contributed by atoms with Gasteiger partial charge in [-0.15, -0.1) is 0 Å². The summed E-state index contributed by atoms with van der Waals surface area (Å²) in [6.45, 7) is 8.88. The average Bonchev–Trinajstić information content (AvgIpc) is 2.26. The molecule has 0 amide bonds. The second-order valence-electron chi connectivity index (χ2n) is 4.93.